The van der Waals surface area contributed by atoms with Crippen molar-refractivity contribution >= 4 is 0 Å². The maximum absolute atomic E-state index is 4.32. The number of rotatable bonds is 7. The molecular formula is C22H28N4. The third kappa shape index (κ3) is 4.02. The number of hydrogen-bond donors (Lipinski definition) is 0. The summed E-state index contributed by atoms with van der Waals surface area (Å²) < 4.78 is 1.92. The lowest BCUT2D eigenvalue weighted by atomic mass is 10.0. The molecule has 2 aromatic carbocycles. The van der Waals surface area contributed by atoms with Crippen LogP contribution in [0.1, 0.15) is 44.7 Å². The van der Waals surface area contributed by atoms with Crippen molar-refractivity contribution in [2.24, 2.45) is 0 Å². The largest absolute Gasteiger partial charge is 0.300 e. The molecule has 0 spiro atoms. The summed E-state index contributed by atoms with van der Waals surface area (Å²) in [7, 11) is 0. The molecule has 0 aliphatic carbocycles. The van der Waals surface area contributed by atoms with Gasteiger partial charge in [0, 0.05) is 12.1 Å². The molecule has 1 heterocycles. The molecule has 3 rings (SSSR count). The van der Waals surface area contributed by atoms with Crippen LogP contribution in [-0.4, -0.2) is 33.0 Å². The standard InChI is InChI=1S/C22H28N4/c1-5-25(6-2)16-18-10-12-19(13-11-18)22-15-23-24-26(22)21-9-7-8-20(14-21)17(3)4/h7-15,17H,5-6,16H2,1-4H3. The Labute approximate surface area is 156 Å². The molecule has 4 heteroatoms. The third-order valence-corrected chi connectivity index (χ3v) is 4.88. The van der Waals surface area contributed by atoms with Crippen molar-refractivity contribution in [1.82, 2.24) is 19.9 Å². The molecule has 3 aromatic rings. The molecule has 0 amide bonds. The molecule has 0 radical (unpaired) electrons. The number of hydrogen-bond acceptors (Lipinski definition) is 3. The second kappa shape index (κ2) is 8.28. The third-order valence-electron chi connectivity index (χ3n) is 4.88. The van der Waals surface area contributed by atoms with Crippen LogP contribution in [-0.2, 0) is 6.54 Å². The summed E-state index contributed by atoms with van der Waals surface area (Å²) in [6.07, 6.45) is 1.83. The fraction of sp³-hybridized carbons (Fsp3) is 0.364. The highest BCUT2D eigenvalue weighted by atomic mass is 15.4. The van der Waals surface area contributed by atoms with Crippen LogP contribution in [0.5, 0.6) is 0 Å². The maximum atomic E-state index is 4.32. The molecule has 0 aliphatic rings. The van der Waals surface area contributed by atoms with Crippen LogP contribution < -0.4 is 0 Å². The molecule has 0 unspecified atom stereocenters. The van der Waals surface area contributed by atoms with Gasteiger partial charge in [0.2, 0.25) is 0 Å². The first-order valence-electron chi connectivity index (χ1n) is 9.45. The Morgan fingerprint density at radius 1 is 1.00 bits per heavy atom. The summed E-state index contributed by atoms with van der Waals surface area (Å²) in [5, 5.41) is 8.47. The van der Waals surface area contributed by atoms with Crippen molar-refractivity contribution in [3.63, 3.8) is 0 Å². The predicted molar refractivity (Wildman–Crippen MR) is 108 cm³/mol. The number of aromatic nitrogens is 3. The Morgan fingerprint density at radius 3 is 2.38 bits per heavy atom. The van der Waals surface area contributed by atoms with Gasteiger partial charge in [-0.25, -0.2) is 4.68 Å². The number of nitrogens with zero attached hydrogens (tertiary/aromatic N) is 4. The molecule has 0 N–H and O–H groups in total. The quantitative estimate of drug-likeness (QED) is 0.609. The minimum Gasteiger partial charge on any atom is -0.300 e. The highest BCUT2D eigenvalue weighted by Gasteiger charge is 2.10. The average molecular weight is 348 g/mol. The molecular weight excluding hydrogens is 320 g/mol. The lowest BCUT2D eigenvalue weighted by Crippen LogP contribution is -2.21. The van der Waals surface area contributed by atoms with Crippen LogP contribution in [0, 0.1) is 0 Å². The molecule has 0 saturated heterocycles. The Bertz CT molecular complexity index is 829. The van der Waals surface area contributed by atoms with Crippen LogP contribution in [0.2, 0.25) is 0 Å². The first-order valence-corrected chi connectivity index (χ1v) is 9.45. The van der Waals surface area contributed by atoms with Crippen molar-refractivity contribution < 1.29 is 0 Å². The van der Waals surface area contributed by atoms with Gasteiger partial charge in [0.05, 0.1) is 17.6 Å². The Balaban J connectivity index is 1.88. The Hall–Kier alpha value is -2.46. The van der Waals surface area contributed by atoms with E-state index in [4.69, 9.17) is 0 Å². The molecule has 1 aromatic heterocycles. The first kappa shape index (κ1) is 18.3. The highest BCUT2D eigenvalue weighted by molar-refractivity contribution is 5.61. The van der Waals surface area contributed by atoms with E-state index in [1.165, 1.54) is 11.1 Å². The topological polar surface area (TPSA) is 34.0 Å². The van der Waals surface area contributed by atoms with E-state index in [0.717, 1.165) is 36.6 Å². The summed E-state index contributed by atoms with van der Waals surface area (Å²) in [5.74, 6) is 0.487. The van der Waals surface area contributed by atoms with Gasteiger partial charge in [-0.3, -0.25) is 4.90 Å². The fourth-order valence-corrected chi connectivity index (χ4v) is 3.12. The molecule has 4 nitrogen and oxygen atoms in total. The second-order valence-electron chi connectivity index (χ2n) is 6.94. The minimum absolute atomic E-state index is 0.487. The van der Waals surface area contributed by atoms with Crippen molar-refractivity contribution in [2.75, 3.05) is 13.1 Å². The van der Waals surface area contributed by atoms with Crippen molar-refractivity contribution in [3.8, 4) is 16.9 Å². The van der Waals surface area contributed by atoms with Crippen molar-refractivity contribution in [2.45, 2.75) is 40.2 Å². The van der Waals surface area contributed by atoms with Gasteiger partial charge in [-0.1, -0.05) is 69.3 Å². The Morgan fingerprint density at radius 2 is 1.73 bits per heavy atom. The van der Waals surface area contributed by atoms with Crippen LogP contribution in [0.25, 0.3) is 16.9 Å². The fourth-order valence-electron chi connectivity index (χ4n) is 3.12. The first-order chi connectivity index (χ1) is 12.6. The van der Waals surface area contributed by atoms with Crippen LogP contribution in [0.4, 0.5) is 0 Å². The summed E-state index contributed by atoms with van der Waals surface area (Å²) in [6, 6.07) is 17.3. The summed E-state index contributed by atoms with van der Waals surface area (Å²) in [6.45, 7) is 11.9. The lowest BCUT2D eigenvalue weighted by molar-refractivity contribution is 0.296. The Kier molecular flexibility index (Phi) is 5.84. The molecule has 26 heavy (non-hydrogen) atoms. The van der Waals surface area contributed by atoms with Crippen LogP contribution in [0.3, 0.4) is 0 Å². The lowest BCUT2D eigenvalue weighted by Gasteiger charge is -2.18. The van der Waals surface area contributed by atoms with Gasteiger partial charge in [0.1, 0.15) is 0 Å². The predicted octanol–water partition coefficient (Wildman–Crippen LogP) is 4.90. The molecule has 0 aliphatic heterocycles. The molecule has 0 saturated carbocycles. The van der Waals surface area contributed by atoms with Crippen molar-refractivity contribution in [3.05, 3.63) is 65.9 Å². The molecule has 0 bridgehead atoms. The van der Waals surface area contributed by atoms with E-state index in [1.807, 2.05) is 10.9 Å². The molecule has 0 atom stereocenters. The van der Waals surface area contributed by atoms with Gasteiger partial charge in [-0.05, 0) is 42.3 Å². The van der Waals surface area contributed by atoms with Gasteiger partial charge < -0.3 is 0 Å². The van der Waals surface area contributed by atoms with E-state index in [9.17, 15) is 0 Å². The minimum atomic E-state index is 0.487. The summed E-state index contributed by atoms with van der Waals surface area (Å²) in [4.78, 5) is 2.41. The molecule has 136 valence electrons. The van der Waals surface area contributed by atoms with Gasteiger partial charge in [-0.2, -0.15) is 0 Å². The average Bonchev–Trinajstić information content (AvgIpc) is 3.16. The van der Waals surface area contributed by atoms with Crippen molar-refractivity contribution in [1.29, 1.82) is 0 Å². The second-order valence-corrected chi connectivity index (χ2v) is 6.94. The molecule has 0 fully saturated rings. The zero-order valence-electron chi connectivity index (χ0n) is 16.2. The van der Waals surface area contributed by atoms with E-state index in [0.29, 0.717) is 5.92 Å². The van der Waals surface area contributed by atoms with Gasteiger partial charge in [0.15, 0.2) is 0 Å². The monoisotopic (exact) mass is 348 g/mol. The van der Waals surface area contributed by atoms with Crippen LogP contribution >= 0.6 is 0 Å². The number of benzene rings is 2. The normalized spacial score (nSPS) is 11.5. The van der Waals surface area contributed by atoms with Gasteiger partial charge in [0.25, 0.3) is 0 Å². The SMILES string of the molecule is CCN(CC)Cc1ccc(-c2cnnn2-c2cccc(C(C)C)c2)cc1. The highest BCUT2D eigenvalue weighted by Crippen LogP contribution is 2.24. The van der Waals surface area contributed by atoms with Gasteiger partial charge >= 0.3 is 0 Å². The van der Waals surface area contributed by atoms with Gasteiger partial charge in [-0.15, -0.1) is 5.10 Å². The zero-order valence-corrected chi connectivity index (χ0v) is 16.2. The van der Waals surface area contributed by atoms with E-state index in [-0.39, 0.29) is 0 Å². The van der Waals surface area contributed by atoms with E-state index < -0.39 is 0 Å². The maximum Gasteiger partial charge on any atom is 0.0944 e. The zero-order chi connectivity index (χ0) is 18.5. The van der Waals surface area contributed by atoms with E-state index in [2.05, 4.69) is 91.4 Å². The van der Waals surface area contributed by atoms with Crippen LogP contribution in [0.15, 0.2) is 54.7 Å². The van der Waals surface area contributed by atoms with E-state index >= 15 is 0 Å². The summed E-state index contributed by atoms with van der Waals surface area (Å²) in [5.41, 5.74) is 5.83. The summed E-state index contributed by atoms with van der Waals surface area (Å²) >= 11 is 0. The smallest absolute Gasteiger partial charge is 0.0944 e. The van der Waals surface area contributed by atoms with E-state index in [1.54, 1.807) is 0 Å².